The summed E-state index contributed by atoms with van der Waals surface area (Å²) < 4.78 is 38.6. The molecule has 2 aromatic carbocycles. The highest BCUT2D eigenvalue weighted by molar-refractivity contribution is 7.88. The van der Waals surface area contributed by atoms with Crippen LogP contribution in [0.2, 0.25) is 0 Å². The largest absolute Gasteiger partial charge is 0.253 e. The molecule has 0 saturated heterocycles. The lowest BCUT2D eigenvalue weighted by Gasteiger charge is -2.11. The van der Waals surface area contributed by atoms with E-state index in [1.807, 2.05) is 6.07 Å². The molecule has 0 N–H and O–H groups in total. The standard InChI is InChI=1S/C16H12FN3O2S/c1-20-19-16(12-3-5-14(17)6-4-12)15-7-2-11(9-18)8-13(15)10-23(20,21)22/h2-8H,10H2,1H3. The Bertz CT molecular complexity index is 944. The Labute approximate surface area is 133 Å². The van der Waals surface area contributed by atoms with Gasteiger partial charge in [0.15, 0.2) is 0 Å². The van der Waals surface area contributed by atoms with Crippen LogP contribution in [0, 0.1) is 17.1 Å². The van der Waals surface area contributed by atoms with Crippen LogP contribution in [-0.2, 0) is 15.8 Å². The van der Waals surface area contributed by atoms with E-state index < -0.39 is 10.0 Å². The second-order valence-electron chi connectivity index (χ2n) is 5.13. The molecule has 2 aromatic rings. The summed E-state index contributed by atoms with van der Waals surface area (Å²) in [5.41, 5.74) is 2.51. The van der Waals surface area contributed by atoms with Gasteiger partial charge in [-0.25, -0.2) is 12.8 Å². The number of benzene rings is 2. The molecule has 0 saturated carbocycles. The predicted molar refractivity (Wildman–Crippen MR) is 83.6 cm³/mol. The molecule has 1 aliphatic heterocycles. The predicted octanol–water partition coefficient (Wildman–Crippen LogP) is 2.22. The molecule has 0 amide bonds. The zero-order chi connectivity index (χ0) is 16.6. The Morgan fingerprint density at radius 1 is 1.22 bits per heavy atom. The molecule has 0 fully saturated rings. The SMILES string of the molecule is CN1N=C(c2ccc(F)cc2)c2ccc(C#N)cc2CS1(=O)=O. The summed E-state index contributed by atoms with van der Waals surface area (Å²) in [6.07, 6.45) is 0. The number of sulfonamides is 1. The summed E-state index contributed by atoms with van der Waals surface area (Å²) in [7, 11) is -2.27. The zero-order valence-corrected chi connectivity index (χ0v) is 13.0. The van der Waals surface area contributed by atoms with E-state index in [4.69, 9.17) is 5.26 Å². The van der Waals surface area contributed by atoms with Gasteiger partial charge in [-0.15, -0.1) is 0 Å². The van der Waals surface area contributed by atoms with Crippen molar-refractivity contribution in [2.24, 2.45) is 5.10 Å². The third-order valence-electron chi connectivity index (χ3n) is 3.59. The van der Waals surface area contributed by atoms with Crippen molar-refractivity contribution < 1.29 is 12.8 Å². The highest BCUT2D eigenvalue weighted by Crippen LogP contribution is 2.25. The summed E-state index contributed by atoms with van der Waals surface area (Å²) in [5.74, 6) is -0.633. The minimum atomic E-state index is -3.62. The van der Waals surface area contributed by atoms with Gasteiger partial charge in [0.1, 0.15) is 5.82 Å². The van der Waals surface area contributed by atoms with Crippen LogP contribution in [0.5, 0.6) is 0 Å². The van der Waals surface area contributed by atoms with Crippen molar-refractivity contribution in [3.05, 3.63) is 70.5 Å². The van der Waals surface area contributed by atoms with Crippen LogP contribution in [0.15, 0.2) is 47.6 Å². The monoisotopic (exact) mass is 329 g/mol. The van der Waals surface area contributed by atoms with Crippen molar-refractivity contribution in [3.8, 4) is 6.07 Å². The Hall–Kier alpha value is -2.72. The molecule has 0 spiro atoms. The number of nitriles is 1. The molecule has 0 atom stereocenters. The van der Waals surface area contributed by atoms with Crippen LogP contribution in [0.1, 0.15) is 22.3 Å². The van der Waals surface area contributed by atoms with Crippen molar-refractivity contribution in [1.82, 2.24) is 4.41 Å². The van der Waals surface area contributed by atoms with E-state index in [0.29, 0.717) is 28.0 Å². The number of rotatable bonds is 1. The van der Waals surface area contributed by atoms with Crippen molar-refractivity contribution in [2.75, 3.05) is 7.05 Å². The number of hydrogen-bond acceptors (Lipinski definition) is 4. The van der Waals surface area contributed by atoms with Crippen LogP contribution in [-0.4, -0.2) is 25.6 Å². The van der Waals surface area contributed by atoms with Gasteiger partial charge in [-0.2, -0.15) is 14.8 Å². The lowest BCUT2D eigenvalue weighted by atomic mass is 9.96. The van der Waals surface area contributed by atoms with Gasteiger partial charge in [-0.05, 0) is 42.0 Å². The Balaban J connectivity index is 2.26. The summed E-state index contributed by atoms with van der Waals surface area (Å²) in [5, 5.41) is 13.2. The van der Waals surface area contributed by atoms with Crippen LogP contribution >= 0.6 is 0 Å². The first kappa shape index (κ1) is 15.2. The van der Waals surface area contributed by atoms with Gasteiger partial charge in [-0.3, -0.25) is 0 Å². The Morgan fingerprint density at radius 2 is 1.91 bits per heavy atom. The minimum Gasteiger partial charge on any atom is -0.207 e. The fourth-order valence-electron chi connectivity index (χ4n) is 2.38. The molecule has 0 bridgehead atoms. The van der Waals surface area contributed by atoms with E-state index in [-0.39, 0.29) is 11.6 Å². The maximum absolute atomic E-state index is 13.1. The molecule has 23 heavy (non-hydrogen) atoms. The molecule has 1 aliphatic rings. The van der Waals surface area contributed by atoms with Gasteiger partial charge in [0.2, 0.25) is 0 Å². The van der Waals surface area contributed by atoms with Gasteiger partial charge < -0.3 is 0 Å². The molecule has 0 aromatic heterocycles. The lowest BCUT2D eigenvalue weighted by Crippen LogP contribution is -2.22. The third kappa shape index (κ3) is 2.81. The summed E-state index contributed by atoms with van der Waals surface area (Å²) >= 11 is 0. The minimum absolute atomic E-state index is 0.247. The zero-order valence-electron chi connectivity index (χ0n) is 12.2. The van der Waals surface area contributed by atoms with E-state index in [2.05, 4.69) is 5.10 Å². The summed E-state index contributed by atoms with van der Waals surface area (Å²) in [4.78, 5) is 0. The Morgan fingerprint density at radius 3 is 2.57 bits per heavy atom. The summed E-state index contributed by atoms with van der Waals surface area (Å²) in [6, 6.07) is 12.5. The molecule has 0 unspecified atom stereocenters. The van der Waals surface area contributed by atoms with Gasteiger partial charge >= 0.3 is 0 Å². The van der Waals surface area contributed by atoms with Crippen LogP contribution in [0.3, 0.4) is 0 Å². The highest BCUT2D eigenvalue weighted by Gasteiger charge is 2.26. The second-order valence-corrected chi connectivity index (χ2v) is 7.11. The van der Waals surface area contributed by atoms with Crippen LogP contribution in [0.25, 0.3) is 0 Å². The average Bonchev–Trinajstić information content (AvgIpc) is 2.62. The molecular weight excluding hydrogens is 317 g/mol. The number of hydrazone groups is 1. The molecule has 0 radical (unpaired) electrons. The number of halogens is 1. The smallest absolute Gasteiger partial charge is 0.207 e. The van der Waals surface area contributed by atoms with Crippen molar-refractivity contribution >= 4 is 15.7 Å². The lowest BCUT2D eigenvalue weighted by molar-refractivity contribution is 0.490. The van der Waals surface area contributed by atoms with Crippen molar-refractivity contribution in [2.45, 2.75) is 5.75 Å². The normalized spacial score (nSPS) is 16.0. The second kappa shape index (κ2) is 5.48. The Kier molecular flexibility index (Phi) is 3.62. The highest BCUT2D eigenvalue weighted by atomic mass is 32.2. The molecular formula is C16H12FN3O2S. The van der Waals surface area contributed by atoms with Gasteiger partial charge in [-0.1, -0.05) is 6.07 Å². The van der Waals surface area contributed by atoms with E-state index in [0.717, 1.165) is 4.41 Å². The quantitative estimate of drug-likeness (QED) is 0.805. The van der Waals surface area contributed by atoms with Crippen LogP contribution in [0.4, 0.5) is 4.39 Å². The fraction of sp³-hybridized carbons (Fsp3) is 0.125. The topological polar surface area (TPSA) is 73.5 Å². The maximum atomic E-state index is 13.1. The van der Waals surface area contributed by atoms with Crippen molar-refractivity contribution in [3.63, 3.8) is 0 Å². The first-order valence-electron chi connectivity index (χ1n) is 6.75. The molecule has 116 valence electrons. The summed E-state index contributed by atoms with van der Waals surface area (Å²) in [6.45, 7) is 0. The average molecular weight is 329 g/mol. The van der Waals surface area contributed by atoms with E-state index in [9.17, 15) is 12.8 Å². The van der Waals surface area contributed by atoms with Crippen molar-refractivity contribution in [1.29, 1.82) is 5.26 Å². The first-order valence-corrected chi connectivity index (χ1v) is 8.36. The maximum Gasteiger partial charge on any atom is 0.253 e. The van der Waals surface area contributed by atoms with E-state index in [1.54, 1.807) is 30.3 Å². The first-order chi connectivity index (χ1) is 10.9. The van der Waals surface area contributed by atoms with Gasteiger partial charge in [0, 0.05) is 18.2 Å². The molecule has 1 heterocycles. The third-order valence-corrected chi connectivity index (χ3v) is 5.15. The van der Waals surface area contributed by atoms with E-state index in [1.165, 1.54) is 19.2 Å². The molecule has 3 rings (SSSR count). The number of nitrogens with zero attached hydrogens (tertiary/aromatic N) is 3. The number of hydrogen-bond donors (Lipinski definition) is 0. The van der Waals surface area contributed by atoms with Gasteiger partial charge in [0.05, 0.1) is 23.1 Å². The van der Waals surface area contributed by atoms with Gasteiger partial charge in [0.25, 0.3) is 10.0 Å². The van der Waals surface area contributed by atoms with Crippen LogP contribution < -0.4 is 0 Å². The molecule has 5 nitrogen and oxygen atoms in total. The molecule has 7 heteroatoms. The van der Waals surface area contributed by atoms with E-state index >= 15 is 0 Å². The fourth-order valence-corrected chi connectivity index (χ4v) is 3.41. The molecule has 0 aliphatic carbocycles. The number of fused-ring (bicyclic) bond motifs is 1.